The van der Waals surface area contributed by atoms with Gasteiger partial charge >= 0.3 is 0 Å². The number of carbonyl (C=O) groups is 2. The number of carbonyl (C=O) groups excluding carboxylic acids is 2. The van der Waals surface area contributed by atoms with Crippen LogP contribution >= 0.6 is 0 Å². The number of hydrogen-bond donors (Lipinski definition) is 3. The average Bonchev–Trinajstić information content (AvgIpc) is 2.61. The first kappa shape index (κ1) is 19.3. The highest BCUT2D eigenvalue weighted by atomic mass is 16.5. The topological polar surface area (TPSA) is 79.5 Å². The van der Waals surface area contributed by atoms with E-state index < -0.39 is 0 Å². The molecule has 0 atom stereocenters. The maximum atomic E-state index is 12.1. The predicted molar refractivity (Wildman–Crippen MR) is 105 cm³/mol. The molecular formula is C20H25N3O3. The van der Waals surface area contributed by atoms with Gasteiger partial charge in [0.25, 0.3) is 0 Å². The van der Waals surface area contributed by atoms with E-state index in [0.29, 0.717) is 23.8 Å². The highest BCUT2D eigenvalue weighted by Gasteiger charge is 2.07. The van der Waals surface area contributed by atoms with Crippen molar-refractivity contribution in [2.75, 3.05) is 29.6 Å². The van der Waals surface area contributed by atoms with Crippen molar-refractivity contribution in [3.8, 4) is 5.75 Å². The largest absolute Gasteiger partial charge is 0.495 e. The Hall–Kier alpha value is -3.02. The maximum absolute atomic E-state index is 12.1. The fraction of sp³-hybridized carbons (Fsp3) is 0.300. The lowest BCUT2D eigenvalue weighted by Crippen LogP contribution is -2.22. The molecular weight excluding hydrogens is 330 g/mol. The van der Waals surface area contributed by atoms with Gasteiger partial charge in [0.1, 0.15) is 5.75 Å². The molecule has 6 nitrogen and oxygen atoms in total. The Morgan fingerprint density at radius 2 is 1.58 bits per heavy atom. The van der Waals surface area contributed by atoms with E-state index in [4.69, 9.17) is 4.74 Å². The van der Waals surface area contributed by atoms with Gasteiger partial charge in [0.05, 0.1) is 19.3 Å². The number of benzene rings is 2. The number of nitrogens with one attached hydrogen (secondary N) is 3. The van der Waals surface area contributed by atoms with Gasteiger partial charge in [-0.15, -0.1) is 0 Å². The summed E-state index contributed by atoms with van der Waals surface area (Å²) in [6.07, 6.45) is 0.489. The standard InChI is InChI=1S/C20H25N3O3/c1-14(2)12-19(24)22-16-10-8-15(9-11-16)21-13-20(25)23-17-6-4-5-7-18(17)26-3/h4-11,14,21H,12-13H2,1-3H3,(H,22,24)(H,23,25). The third-order valence-corrected chi connectivity index (χ3v) is 3.60. The summed E-state index contributed by atoms with van der Waals surface area (Å²) in [6, 6.07) is 14.5. The third-order valence-electron chi connectivity index (χ3n) is 3.60. The molecule has 0 radical (unpaired) electrons. The molecule has 0 aromatic heterocycles. The van der Waals surface area contributed by atoms with Gasteiger partial charge < -0.3 is 20.7 Å². The van der Waals surface area contributed by atoms with Crippen LogP contribution in [-0.2, 0) is 9.59 Å². The lowest BCUT2D eigenvalue weighted by atomic mass is 10.1. The van der Waals surface area contributed by atoms with Gasteiger partial charge in [0, 0.05) is 17.8 Å². The second kappa shape index (κ2) is 9.46. The van der Waals surface area contributed by atoms with E-state index in [2.05, 4.69) is 16.0 Å². The molecule has 0 saturated heterocycles. The number of rotatable bonds is 8. The van der Waals surface area contributed by atoms with E-state index in [1.807, 2.05) is 38.1 Å². The normalized spacial score (nSPS) is 10.3. The molecule has 6 heteroatoms. The quantitative estimate of drug-likeness (QED) is 0.674. The summed E-state index contributed by atoms with van der Waals surface area (Å²) in [7, 11) is 1.56. The van der Waals surface area contributed by atoms with Gasteiger partial charge in [-0.25, -0.2) is 0 Å². The van der Waals surface area contributed by atoms with Crippen molar-refractivity contribution >= 4 is 28.9 Å². The number of amides is 2. The summed E-state index contributed by atoms with van der Waals surface area (Å²) in [5, 5.41) is 8.70. The zero-order chi connectivity index (χ0) is 18.9. The minimum Gasteiger partial charge on any atom is -0.495 e. The molecule has 0 aliphatic heterocycles. The number of anilines is 3. The first-order chi connectivity index (χ1) is 12.5. The SMILES string of the molecule is COc1ccccc1NC(=O)CNc1ccc(NC(=O)CC(C)C)cc1. The van der Waals surface area contributed by atoms with Crippen molar-refractivity contribution < 1.29 is 14.3 Å². The second-order valence-corrected chi connectivity index (χ2v) is 6.33. The van der Waals surface area contributed by atoms with E-state index in [9.17, 15) is 9.59 Å². The molecule has 0 bridgehead atoms. The van der Waals surface area contributed by atoms with Gasteiger partial charge in [-0.2, -0.15) is 0 Å². The zero-order valence-electron chi connectivity index (χ0n) is 15.3. The predicted octanol–water partition coefficient (Wildman–Crippen LogP) is 3.73. The number of ether oxygens (including phenoxy) is 1. The van der Waals surface area contributed by atoms with Crippen LogP contribution in [0.3, 0.4) is 0 Å². The molecule has 2 aromatic rings. The molecule has 0 spiro atoms. The summed E-state index contributed by atoms with van der Waals surface area (Å²) in [5.74, 6) is 0.751. The fourth-order valence-corrected chi connectivity index (χ4v) is 2.38. The van der Waals surface area contributed by atoms with Gasteiger partial charge in [-0.05, 0) is 42.3 Å². The van der Waals surface area contributed by atoms with Gasteiger partial charge in [0.15, 0.2) is 0 Å². The van der Waals surface area contributed by atoms with Crippen LogP contribution < -0.4 is 20.7 Å². The number of para-hydroxylation sites is 2. The Balaban J connectivity index is 1.83. The van der Waals surface area contributed by atoms with Crippen molar-refractivity contribution in [1.82, 2.24) is 0 Å². The van der Waals surface area contributed by atoms with Gasteiger partial charge in [0.2, 0.25) is 11.8 Å². The summed E-state index contributed by atoms with van der Waals surface area (Å²) in [4.78, 5) is 23.8. The van der Waals surface area contributed by atoms with E-state index in [-0.39, 0.29) is 18.4 Å². The Kier molecular flexibility index (Phi) is 7.02. The lowest BCUT2D eigenvalue weighted by Gasteiger charge is -2.11. The van der Waals surface area contributed by atoms with E-state index in [0.717, 1.165) is 11.4 Å². The van der Waals surface area contributed by atoms with Crippen LogP contribution in [0.1, 0.15) is 20.3 Å². The Morgan fingerprint density at radius 1 is 0.923 bits per heavy atom. The number of hydrogen-bond acceptors (Lipinski definition) is 4. The number of methoxy groups -OCH3 is 1. The molecule has 0 fully saturated rings. The van der Waals surface area contributed by atoms with E-state index in [1.165, 1.54) is 0 Å². The molecule has 3 N–H and O–H groups in total. The fourth-order valence-electron chi connectivity index (χ4n) is 2.38. The van der Waals surface area contributed by atoms with Crippen LogP contribution in [0, 0.1) is 5.92 Å². The zero-order valence-corrected chi connectivity index (χ0v) is 15.3. The molecule has 2 aromatic carbocycles. The highest BCUT2D eigenvalue weighted by molar-refractivity contribution is 5.95. The molecule has 0 aliphatic carbocycles. The molecule has 26 heavy (non-hydrogen) atoms. The third kappa shape index (κ3) is 6.12. The van der Waals surface area contributed by atoms with Crippen LogP contribution in [0.5, 0.6) is 5.75 Å². The van der Waals surface area contributed by atoms with Gasteiger partial charge in [-0.1, -0.05) is 26.0 Å². The molecule has 0 heterocycles. The van der Waals surface area contributed by atoms with Crippen molar-refractivity contribution in [2.45, 2.75) is 20.3 Å². The summed E-state index contributed by atoms with van der Waals surface area (Å²) < 4.78 is 5.21. The summed E-state index contributed by atoms with van der Waals surface area (Å²) >= 11 is 0. The summed E-state index contributed by atoms with van der Waals surface area (Å²) in [6.45, 7) is 4.13. The lowest BCUT2D eigenvalue weighted by molar-refractivity contribution is -0.117. The van der Waals surface area contributed by atoms with Crippen molar-refractivity contribution in [3.63, 3.8) is 0 Å². The van der Waals surface area contributed by atoms with Crippen LogP contribution in [0.4, 0.5) is 17.1 Å². The molecule has 138 valence electrons. The van der Waals surface area contributed by atoms with Crippen LogP contribution in [0.25, 0.3) is 0 Å². The Morgan fingerprint density at radius 3 is 2.23 bits per heavy atom. The Labute approximate surface area is 153 Å². The Bertz CT molecular complexity index is 742. The van der Waals surface area contributed by atoms with Crippen LogP contribution in [0.2, 0.25) is 0 Å². The average molecular weight is 355 g/mol. The van der Waals surface area contributed by atoms with Crippen molar-refractivity contribution in [1.29, 1.82) is 0 Å². The first-order valence-corrected chi connectivity index (χ1v) is 8.54. The highest BCUT2D eigenvalue weighted by Crippen LogP contribution is 2.22. The van der Waals surface area contributed by atoms with Crippen molar-refractivity contribution in [2.24, 2.45) is 5.92 Å². The molecule has 0 unspecified atom stereocenters. The minimum absolute atomic E-state index is 0.00287. The monoisotopic (exact) mass is 355 g/mol. The molecule has 2 rings (SSSR count). The smallest absolute Gasteiger partial charge is 0.243 e. The van der Waals surface area contributed by atoms with Crippen LogP contribution in [0.15, 0.2) is 48.5 Å². The second-order valence-electron chi connectivity index (χ2n) is 6.33. The maximum Gasteiger partial charge on any atom is 0.243 e. The van der Waals surface area contributed by atoms with Gasteiger partial charge in [-0.3, -0.25) is 9.59 Å². The molecule has 0 saturated carbocycles. The van der Waals surface area contributed by atoms with E-state index >= 15 is 0 Å². The molecule has 0 aliphatic rings. The van der Waals surface area contributed by atoms with Crippen molar-refractivity contribution in [3.05, 3.63) is 48.5 Å². The first-order valence-electron chi connectivity index (χ1n) is 8.54. The minimum atomic E-state index is -0.177. The molecule has 2 amide bonds. The van der Waals surface area contributed by atoms with E-state index in [1.54, 1.807) is 31.4 Å². The summed E-state index contributed by atoms with van der Waals surface area (Å²) in [5.41, 5.74) is 2.16. The van der Waals surface area contributed by atoms with Crippen LogP contribution in [-0.4, -0.2) is 25.5 Å².